The van der Waals surface area contributed by atoms with E-state index in [4.69, 9.17) is 15.2 Å². The standard InChI is InChI=1S/C27H31FN4O5/c1-4-27(3)13-22(33)32(26(29)31-27)19-9-10-36-20-7-5-15(11-17(19)20)25(35)30-23-18-12-16(28)6-8-21(18)37-14(2)24(23)34/h5-8,11-12,14,19,23-24,34H,4,9-10,13H2,1-3H3,(H2,29,31)(H,30,35)/t14?,19-,23-,24-,27-/m1/s1. The van der Waals surface area contributed by atoms with Crippen LogP contribution in [0.5, 0.6) is 11.5 Å². The Morgan fingerprint density at radius 1 is 1.27 bits per heavy atom. The van der Waals surface area contributed by atoms with Gasteiger partial charge in [0.15, 0.2) is 5.96 Å². The molecule has 0 fully saturated rings. The minimum Gasteiger partial charge on any atom is -0.493 e. The van der Waals surface area contributed by atoms with E-state index in [1.165, 1.54) is 23.1 Å². The summed E-state index contributed by atoms with van der Waals surface area (Å²) in [4.78, 5) is 32.6. The number of nitrogens with one attached hydrogen (secondary N) is 1. The fraction of sp³-hybridized carbons (Fsp3) is 0.444. The van der Waals surface area contributed by atoms with Crippen LogP contribution >= 0.6 is 0 Å². The van der Waals surface area contributed by atoms with Crippen LogP contribution in [-0.2, 0) is 4.79 Å². The summed E-state index contributed by atoms with van der Waals surface area (Å²) in [5.41, 5.74) is 7.06. The first-order valence-electron chi connectivity index (χ1n) is 12.5. The molecule has 0 aliphatic carbocycles. The van der Waals surface area contributed by atoms with Gasteiger partial charge in [-0.25, -0.2) is 9.38 Å². The first kappa shape index (κ1) is 25.0. The molecule has 2 aromatic rings. The molecule has 3 heterocycles. The number of ether oxygens (including phenoxy) is 2. The van der Waals surface area contributed by atoms with E-state index in [2.05, 4.69) is 10.3 Å². The molecule has 196 valence electrons. The Balaban J connectivity index is 1.45. The van der Waals surface area contributed by atoms with Crippen molar-refractivity contribution in [1.82, 2.24) is 10.2 Å². The lowest BCUT2D eigenvalue weighted by Crippen LogP contribution is -2.52. The topological polar surface area (TPSA) is 126 Å². The van der Waals surface area contributed by atoms with Crippen LogP contribution in [0.4, 0.5) is 4.39 Å². The van der Waals surface area contributed by atoms with Crippen LogP contribution in [0, 0.1) is 5.82 Å². The van der Waals surface area contributed by atoms with Gasteiger partial charge in [0.2, 0.25) is 5.91 Å². The molecule has 5 atom stereocenters. The van der Waals surface area contributed by atoms with Gasteiger partial charge in [-0.05, 0) is 56.7 Å². The summed E-state index contributed by atoms with van der Waals surface area (Å²) in [5, 5.41) is 13.6. The molecule has 5 rings (SSSR count). The monoisotopic (exact) mass is 510 g/mol. The molecule has 1 unspecified atom stereocenters. The van der Waals surface area contributed by atoms with Gasteiger partial charge >= 0.3 is 0 Å². The number of rotatable bonds is 4. The SMILES string of the molecule is CC[C@]1(C)CC(=O)N([C@@H]2CCOc3ccc(C(=O)N[C@@H]4c5cc(F)ccc5OC(C)[C@H]4O)cc32)C(N)=N1. The molecule has 2 amide bonds. The lowest BCUT2D eigenvalue weighted by Gasteiger charge is -2.40. The Hall–Kier alpha value is -3.66. The van der Waals surface area contributed by atoms with Gasteiger partial charge in [-0.2, -0.15) is 0 Å². The number of hydrogen-bond donors (Lipinski definition) is 3. The number of aliphatic imine (C=N–C) groups is 1. The van der Waals surface area contributed by atoms with Crippen molar-refractivity contribution in [3.05, 3.63) is 58.9 Å². The molecule has 3 aliphatic rings. The van der Waals surface area contributed by atoms with Gasteiger partial charge in [-0.3, -0.25) is 14.5 Å². The van der Waals surface area contributed by atoms with E-state index in [-0.39, 0.29) is 18.3 Å². The number of amides is 2. The zero-order valence-electron chi connectivity index (χ0n) is 21.0. The number of aliphatic hydroxyl groups is 1. The number of nitrogens with two attached hydrogens (primary N) is 1. The Morgan fingerprint density at radius 2 is 2.03 bits per heavy atom. The number of carbonyl (C=O) groups excluding carboxylic acids is 2. The first-order chi connectivity index (χ1) is 17.6. The van der Waals surface area contributed by atoms with E-state index >= 15 is 0 Å². The molecule has 0 spiro atoms. The number of benzene rings is 2. The van der Waals surface area contributed by atoms with Crippen molar-refractivity contribution in [2.24, 2.45) is 10.7 Å². The minimum atomic E-state index is -1.08. The van der Waals surface area contributed by atoms with Crippen molar-refractivity contribution in [2.75, 3.05) is 6.61 Å². The number of hydrogen-bond acceptors (Lipinski definition) is 7. The Labute approximate surface area is 214 Å². The smallest absolute Gasteiger partial charge is 0.251 e. The Kier molecular flexibility index (Phi) is 6.31. The van der Waals surface area contributed by atoms with Gasteiger partial charge in [-0.1, -0.05) is 6.92 Å². The van der Waals surface area contributed by atoms with Gasteiger partial charge < -0.3 is 25.6 Å². The van der Waals surface area contributed by atoms with Crippen LogP contribution < -0.4 is 20.5 Å². The largest absolute Gasteiger partial charge is 0.493 e. The van der Waals surface area contributed by atoms with Gasteiger partial charge in [0, 0.05) is 23.1 Å². The van der Waals surface area contributed by atoms with E-state index in [0.717, 1.165) is 0 Å². The maximum Gasteiger partial charge on any atom is 0.251 e. The molecule has 3 aliphatic heterocycles. The highest BCUT2D eigenvalue weighted by Gasteiger charge is 2.41. The zero-order valence-corrected chi connectivity index (χ0v) is 21.0. The van der Waals surface area contributed by atoms with Crippen LogP contribution in [0.25, 0.3) is 0 Å². The average Bonchev–Trinajstić information content (AvgIpc) is 2.86. The molecular formula is C27H31FN4O5. The number of halogens is 1. The van der Waals surface area contributed by atoms with Crippen LogP contribution in [0.1, 0.15) is 73.6 Å². The average molecular weight is 511 g/mol. The normalized spacial score (nSPS) is 28.8. The van der Waals surface area contributed by atoms with E-state index in [1.807, 2.05) is 13.8 Å². The molecule has 10 heteroatoms. The summed E-state index contributed by atoms with van der Waals surface area (Å²) >= 11 is 0. The predicted molar refractivity (Wildman–Crippen MR) is 134 cm³/mol. The van der Waals surface area contributed by atoms with Gasteiger partial charge in [0.1, 0.15) is 29.5 Å². The summed E-state index contributed by atoms with van der Waals surface area (Å²) in [6.45, 7) is 5.95. The molecule has 0 radical (unpaired) electrons. The molecule has 0 saturated heterocycles. The molecular weight excluding hydrogens is 479 g/mol. The molecule has 0 aromatic heterocycles. The van der Waals surface area contributed by atoms with Gasteiger partial charge in [0.05, 0.1) is 30.7 Å². The molecule has 2 aromatic carbocycles. The van der Waals surface area contributed by atoms with E-state index in [0.29, 0.717) is 47.6 Å². The second-order valence-electron chi connectivity index (χ2n) is 10.1. The van der Waals surface area contributed by atoms with Crippen LogP contribution in [-0.4, -0.2) is 52.1 Å². The van der Waals surface area contributed by atoms with E-state index in [1.54, 1.807) is 25.1 Å². The highest BCUT2D eigenvalue weighted by atomic mass is 19.1. The van der Waals surface area contributed by atoms with Crippen LogP contribution in [0.2, 0.25) is 0 Å². The fourth-order valence-electron chi connectivity index (χ4n) is 5.21. The van der Waals surface area contributed by atoms with Crippen molar-refractivity contribution in [3.8, 4) is 11.5 Å². The number of carbonyl (C=O) groups is 2. The molecule has 37 heavy (non-hydrogen) atoms. The van der Waals surface area contributed by atoms with E-state index < -0.39 is 41.6 Å². The van der Waals surface area contributed by atoms with Crippen LogP contribution in [0.15, 0.2) is 41.4 Å². The quantitative estimate of drug-likeness (QED) is 0.581. The number of fused-ring (bicyclic) bond motifs is 2. The molecule has 0 saturated carbocycles. The molecule has 0 bridgehead atoms. The summed E-state index contributed by atoms with van der Waals surface area (Å²) in [5.74, 6) is 0.0337. The minimum absolute atomic E-state index is 0.123. The lowest BCUT2D eigenvalue weighted by atomic mass is 9.90. The van der Waals surface area contributed by atoms with Crippen molar-refractivity contribution in [2.45, 2.75) is 69.9 Å². The van der Waals surface area contributed by atoms with Crippen LogP contribution in [0.3, 0.4) is 0 Å². The Bertz CT molecular complexity index is 1280. The van der Waals surface area contributed by atoms with E-state index in [9.17, 15) is 19.1 Å². The first-order valence-corrected chi connectivity index (χ1v) is 12.5. The highest BCUT2D eigenvalue weighted by molar-refractivity contribution is 6.00. The van der Waals surface area contributed by atoms with Crippen molar-refractivity contribution < 1.29 is 28.6 Å². The highest BCUT2D eigenvalue weighted by Crippen LogP contribution is 2.40. The number of nitrogens with zero attached hydrogens (tertiary/aromatic N) is 2. The third-order valence-electron chi connectivity index (χ3n) is 7.51. The number of aliphatic hydroxyl groups excluding tert-OH is 1. The number of guanidine groups is 1. The van der Waals surface area contributed by atoms with Gasteiger partial charge in [-0.15, -0.1) is 0 Å². The zero-order chi connectivity index (χ0) is 26.5. The third-order valence-corrected chi connectivity index (χ3v) is 7.51. The maximum absolute atomic E-state index is 14.0. The summed E-state index contributed by atoms with van der Waals surface area (Å²) in [6.07, 6.45) is -0.267. The summed E-state index contributed by atoms with van der Waals surface area (Å²) < 4.78 is 25.5. The predicted octanol–water partition coefficient (Wildman–Crippen LogP) is 2.98. The lowest BCUT2D eigenvalue weighted by molar-refractivity contribution is -0.131. The maximum atomic E-state index is 14.0. The molecule has 9 nitrogen and oxygen atoms in total. The second kappa shape index (κ2) is 9.33. The Morgan fingerprint density at radius 3 is 2.76 bits per heavy atom. The van der Waals surface area contributed by atoms with Crippen molar-refractivity contribution in [1.29, 1.82) is 0 Å². The third kappa shape index (κ3) is 4.50. The van der Waals surface area contributed by atoms with Gasteiger partial charge in [0.25, 0.3) is 5.91 Å². The molecule has 4 N–H and O–H groups in total. The van der Waals surface area contributed by atoms with Crippen molar-refractivity contribution in [3.63, 3.8) is 0 Å². The fourth-order valence-corrected chi connectivity index (χ4v) is 5.21. The summed E-state index contributed by atoms with van der Waals surface area (Å²) in [7, 11) is 0. The van der Waals surface area contributed by atoms with Crippen molar-refractivity contribution >= 4 is 17.8 Å². The summed E-state index contributed by atoms with van der Waals surface area (Å²) in [6, 6.07) is 7.67. The second-order valence-corrected chi connectivity index (χ2v) is 10.1.